The fourth-order valence-electron chi connectivity index (χ4n) is 9.53. The maximum absolute atomic E-state index is 12.6. The number of esters is 2. The first-order valence-electron chi connectivity index (χ1n) is 22.1. The summed E-state index contributed by atoms with van der Waals surface area (Å²) in [6, 6.07) is 30.7. The molecule has 0 aromatic heterocycles. The molecule has 0 bridgehead atoms. The number of hydrogen-bond donors (Lipinski definition) is 2. The van der Waals surface area contributed by atoms with Gasteiger partial charge in [0, 0.05) is 5.41 Å². The molecule has 2 fully saturated rings. The van der Waals surface area contributed by atoms with Gasteiger partial charge in [-0.05, 0) is 139 Å². The average Bonchev–Trinajstić information content (AvgIpc) is 3.29. The zero-order valence-electron chi connectivity index (χ0n) is 35.6. The van der Waals surface area contributed by atoms with Crippen LogP contribution in [0.5, 0.6) is 11.5 Å². The molecule has 0 amide bonds. The largest absolute Gasteiger partial charge is 0.423 e. The Morgan fingerprint density at radius 2 is 1.05 bits per heavy atom. The second kappa shape index (κ2) is 20.5. The van der Waals surface area contributed by atoms with Crippen molar-refractivity contribution in [2.75, 3.05) is 13.2 Å². The zero-order valence-corrected chi connectivity index (χ0v) is 35.6. The third-order valence-electron chi connectivity index (χ3n) is 13.4. The molecule has 0 heterocycles. The molecule has 59 heavy (non-hydrogen) atoms. The molecular weight excluding hydrogens is 733 g/mol. The lowest BCUT2D eigenvalue weighted by molar-refractivity contribution is -0.131. The molecule has 4 aromatic rings. The van der Waals surface area contributed by atoms with Gasteiger partial charge in [0.05, 0.1) is 24.4 Å². The summed E-state index contributed by atoms with van der Waals surface area (Å²) < 4.78 is 11.4. The van der Waals surface area contributed by atoms with Gasteiger partial charge in [-0.3, -0.25) is 0 Å². The Balaban J connectivity index is 1.21. The first kappa shape index (κ1) is 43.8. The highest BCUT2D eigenvalue weighted by Gasteiger charge is 2.40. The summed E-state index contributed by atoms with van der Waals surface area (Å²) in [5.74, 6) is 1.68. The van der Waals surface area contributed by atoms with Crippen molar-refractivity contribution < 1.29 is 29.3 Å². The van der Waals surface area contributed by atoms with Crippen LogP contribution in [0.15, 0.2) is 109 Å². The minimum Gasteiger partial charge on any atom is -0.423 e. The molecule has 4 aromatic carbocycles. The Morgan fingerprint density at radius 3 is 1.46 bits per heavy atom. The lowest BCUT2D eigenvalue weighted by Gasteiger charge is -2.42. The number of carbonyl (C=O) groups is 2. The van der Waals surface area contributed by atoms with Crippen LogP contribution in [0.3, 0.4) is 0 Å². The van der Waals surface area contributed by atoms with E-state index in [1.165, 1.54) is 73.6 Å². The van der Waals surface area contributed by atoms with Gasteiger partial charge >= 0.3 is 11.9 Å². The van der Waals surface area contributed by atoms with Crippen molar-refractivity contribution in [1.29, 1.82) is 0 Å². The molecule has 6 heteroatoms. The standard InChI is InChI=1S/C53H64O6/c1-6-9-10-11-38-12-14-41(15-13-38)42-16-18-43(19-17-42)44-20-22-45(23-21-44)46-28-30-53(31-29-46,47-24-26-49(39(7-2)32-47)58-51(56)36(4)34-54)48-25-27-50(40(8-3)33-48)59-52(57)37(5)35-55/h16-27,32-33,38,41,46,54-55H,4-15,28-31,34-35H2,1-3H3. The summed E-state index contributed by atoms with van der Waals surface area (Å²) in [7, 11) is 0. The van der Waals surface area contributed by atoms with Crippen LogP contribution in [0.1, 0.15) is 143 Å². The first-order valence-corrected chi connectivity index (χ1v) is 22.1. The molecule has 2 aliphatic carbocycles. The van der Waals surface area contributed by atoms with Gasteiger partial charge in [-0.2, -0.15) is 0 Å². The van der Waals surface area contributed by atoms with E-state index in [9.17, 15) is 19.8 Å². The molecule has 2 saturated carbocycles. The number of carbonyl (C=O) groups excluding carboxylic acids is 2. The molecule has 0 atom stereocenters. The highest BCUT2D eigenvalue weighted by atomic mass is 16.5. The van der Waals surface area contributed by atoms with Gasteiger partial charge in [0.25, 0.3) is 0 Å². The molecule has 0 spiro atoms. The third kappa shape index (κ3) is 10.3. The summed E-state index contributed by atoms with van der Waals surface area (Å²) in [5.41, 5.74) is 9.13. The zero-order chi connectivity index (χ0) is 41.9. The van der Waals surface area contributed by atoms with E-state index in [2.05, 4.69) is 92.9 Å². The molecule has 0 saturated heterocycles. The quantitative estimate of drug-likeness (QED) is 0.0478. The van der Waals surface area contributed by atoms with E-state index in [0.29, 0.717) is 36.2 Å². The number of aliphatic hydroxyl groups is 2. The van der Waals surface area contributed by atoms with Gasteiger partial charge < -0.3 is 19.7 Å². The van der Waals surface area contributed by atoms with Crippen molar-refractivity contribution in [3.05, 3.63) is 143 Å². The summed E-state index contributed by atoms with van der Waals surface area (Å²) in [4.78, 5) is 25.1. The van der Waals surface area contributed by atoms with Crippen molar-refractivity contribution in [3.8, 4) is 22.6 Å². The number of ether oxygens (including phenoxy) is 2. The van der Waals surface area contributed by atoms with Gasteiger partial charge in [-0.15, -0.1) is 0 Å². The fourth-order valence-corrected chi connectivity index (χ4v) is 9.53. The van der Waals surface area contributed by atoms with Crippen molar-refractivity contribution in [2.45, 2.75) is 128 Å². The molecule has 0 unspecified atom stereocenters. The van der Waals surface area contributed by atoms with E-state index in [1.54, 1.807) is 0 Å². The van der Waals surface area contributed by atoms with Crippen molar-refractivity contribution in [3.63, 3.8) is 0 Å². The molecule has 312 valence electrons. The molecule has 0 radical (unpaired) electrons. The Labute approximate surface area is 352 Å². The molecule has 2 N–H and O–H groups in total. The van der Waals surface area contributed by atoms with E-state index in [4.69, 9.17) is 9.47 Å². The average molecular weight is 797 g/mol. The van der Waals surface area contributed by atoms with Crippen molar-refractivity contribution >= 4 is 11.9 Å². The Kier molecular flexibility index (Phi) is 15.2. The molecule has 6 rings (SSSR count). The lowest BCUT2D eigenvalue weighted by atomic mass is 9.62. The summed E-state index contributed by atoms with van der Waals surface area (Å²) >= 11 is 0. The second-order valence-corrected chi connectivity index (χ2v) is 17.0. The Morgan fingerprint density at radius 1 is 0.610 bits per heavy atom. The SMILES string of the molecule is C=C(CO)C(=O)Oc1ccc(C2(c3ccc(OC(=O)C(=C)CO)c(CC)c3)CCC(c3ccc(-c4ccc(C5CCC(CCCCC)CC5)cc4)cc3)CC2)cc1CC. The van der Waals surface area contributed by atoms with E-state index in [0.717, 1.165) is 53.9 Å². The molecule has 6 nitrogen and oxygen atoms in total. The summed E-state index contributed by atoms with van der Waals surface area (Å²) in [6.45, 7) is 12.7. The van der Waals surface area contributed by atoms with Crippen LogP contribution >= 0.6 is 0 Å². The number of rotatable bonds is 17. The Bertz CT molecular complexity index is 1980. The normalized spacial score (nSPS) is 17.9. The van der Waals surface area contributed by atoms with Crippen LogP contribution in [-0.4, -0.2) is 35.4 Å². The van der Waals surface area contributed by atoms with Crippen LogP contribution in [0.25, 0.3) is 11.1 Å². The first-order chi connectivity index (χ1) is 28.6. The smallest absolute Gasteiger partial charge is 0.341 e. The summed E-state index contributed by atoms with van der Waals surface area (Å²) in [5, 5.41) is 18.9. The van der Waals surface area contributed by atoms with Crippen molar-refractivity contribution in [2.24, 2.45) is 5.92 Å². The number of aryl methyl sites for hydroxylation is 2. The maximum Gasteiger partial charge on any atom is 0.341 e. The van der Waals surface area contributed by atoms with E-state index in [-0.39, 0.29) is 16.6 Å². The highest BCUT2D eigenvalue weighted by Crippen LogP contribution is 2.50. The van der Waals surface area contributed by atoms with Gasteiger partial charge in [0.15, 0.2) is 0 Å². The minimum absolute atomic E-state index is 0.00737. The molecular formula is C53H64O6. The van der Waals surface area contributed by atoms with E-state index >= 15 is 0 Å². The highest BCUT2D eigenvalue weighted by molar-refractivity contribution is 5.90. The number of aliphatic hydroxyl groups excluding tert-OH is 2. The van der Waals surface area contributed by atoms with Crippen LogP contribution in [-0.2, 0) is 27.8 Å². The Hall–Kier alpha value is -4.78. The van der Waals surface area contributed by atoms with E-state index < -0.39 is 25.2 Å². The maximum atomic E-state index is 12.6. The van der Waals surface area contributed by atoms with Crippen molar-refractivity contribution in [1.82, 2.24) is 0 Å². The monoisotopic (exact) mass is 796 g/mol. The van der Waals surface area contributed by atoms with Gasteiger partial charge in [0.1, 0.15) is 11.5 Å². The van der Waals surface area contributed by atoms with E-state index in [1.807, 2.05) is 26.0 Å². The van der Waals surface area contributed by atoms with Crippen LogP contribution in [0, 0.1) is 5.92 Å². The minimum atomic E-state index is -0.639. The van der Waals surface area contributed by atoms with Crippen LogP contribution < -0.4 is 9.47 Å². The van der Waals surface area contributed by atoms with Gasteiger partial charge in [-0.25, -0.2) is 9.59 Å². The lowest BCUT2D eigenvalue weighted by Crippen LogP contribution is -2.33. The van der Waals surface area contributed by atoms with Crippen LogP contribution in [0.2, 0.25) is 0 Å². The number of hydrogen-bond acceptors (Lipinski definition) is 6. The van der Waals surface area contributed by atoms with Gasteiger partial charge in [-0.1, -0.05) is 132 Å². The molecule has 0 aliphatic heterocycles. The predicted molar refractivity (Wildman–Crippen MR) is 238 cm³/mol. The number of benzene rings is 4. The van der Waals surface area contributed by atoms with Gasteiger partial charge in [0.2, 0.25) is 0 Å². The topological polar surface area (TPSA) is 93.1 Å². The number of unbranched alkanes of at least 4 members (excludes halogenated alkanes) is 2. The molecule has 2 aliphatic rings. The van der Waals surface area contributed by atoms with Crippen LogP contribution in [0.4, 0.5) is 0 Å². The third-order valence-corrected chi connectivity index (χ3v) is 13.4. The fraction of sp³-hybridized carbons (Fsp3) is 0.434. The second-order valence-electron chi connectivity index (χ2n) is 17.0. The predicted octanol–water partition coefficient (Wildman–Crippen LogP) is 11.9. The summed E-state index contributed by atoms with van der Waals surface area (Å²) in [6.07, 6.45) is 15.9.